The molecule has 76 valence electrons. The summed E-state index contributed by atoms with van der Waals surface area (Å²) in [5.41, 5.74) is 6.71. The van der Waals surface area contributed by atoms with Crippen molar-refractivity contribution in [3.63, 3.8) is 0 Å². The van der Waals surface area contributed by atoms with Gasteiger partial charge in [-0.1, -0.05) is 29.3 Å². The Hall–Kier alpha value is -0.570. The zero-order valence-corrected chi connectivity index (χ0v) is 9.22. The largest absolute Gasteiger partial charge is 0.324 e. The Morgan fingerprint density at radius 2 is 2.00 bits per heavy atom. The molecule has 14 heavy (non-hydrogen) atoms. The van der Waals surface area contributed by atoms with Crippen LogP contribution in [0.1, 0.15) is 24.4 Å². The van der Waals surface area contributed by atoms with E-state index >= 15 is 0 Å². The monoisotopic (exact) mass is 230 g/mol. The minimum absolute atomic E-state index is 0.156. The van der Waals surface area contributed by atoms with Gasteiger partial charge in [0.05, 0.1) is 10.0 Å². The normalized spacial score (nSPS) is 12.5. The molecule has 1 aromatic rings. The van der Waals surface area contributed by atoms with Crippen molar-refractivity contribution in [1.82, 2.24) is 4.98 Å². The van der Waals surface area contributed by atoms with Gasteiger partial charge in [-0.2, -0.15) is 0 Å². The maximum absolute atomic E-state index is 5.95. The van der Waals surface area contributed by atoms with Gasteiger partial charge in [0.15, 0.2) is 0 Å². The molecular formula is C10H12Cl2N2. The molecule has 1 rings (SSSR count). The van der Waals surface area contributed by atoms with Gasteiger partial charge in [0, 0.05) is 24.0 Å². The number of nitrogens with two attached hydrogens (primary N) is 1. The molecule has 0 saturated carbocycles. The van der Waals surface area contributed by atoms with Crippen molar-refractivity contribution < 1.29 is 0 Å². The summed E-state index contributed by atoms with van der Waals surface area (Å²) in [6.07, 6.45) is 6.55. The molecule has 0 aliphatic carbocycles. The van der Waals surface area contributed by atoms with Crippen molar-refractivity contribution in [2.24, 2.45) is 5.73 Å². The third kappa shape index (κ3) is 2.71. The van der Waals surface area contributed by atoms with Gasteiger partial charge in [0.25, 0.3) is 0 Å². The van der Waals surface area contributed by atoms with Crippen molar-refractivity contribution in [3.05, 3.63) is 40.7 Å². The van der Waals surface area contributed by atoms with Gasteiger partial charge in [-0.3, -0.25) is 4.98 Å². The van der Waals surface area contributed by atoms with Crippen LogP contribution < -0.4 is 5.73 Å². The van der Waals surface area contributed by atoms with Crippen LogP contribution in [0.3, 0.4) is 0 Å². The number of pyridine rings is 1. The topological polar surface area (TPSA) is 38.9 Å². The highest BCUT2D eigenvalue weighted by atomic mass is 35.5. The summed E-state index contributed by atoms with van der Waals surface area (Å²) in [6, 6.07) is -0.156. The number of rotatable bonds is 4. The fourth-order valence-corrected chi connectivity index (χ4v) is 1.86. The summed E-state index contributed by atoms with van der Waals surface area (Å²) in [7, 11) is 0. The predicted octanol–water partition coefficient (Wildman–Crippen LogP) is 3.35. The van der Waals surface area contributed by atoms with Crippen molar-refractivity contribution in [2.45, 2.75) is 18.9 Å². The molecule has 4 heteroatoms. The van der Waals surface area contributed by atoms with Crippen LogP contribution in [0.2, 0.25) is 10.0 Å². The fourth-order valence-electron chi connectivity index (χ4n) is 1.22. The van der Waals surface area contributed by atoms with E-state index in [0.717, 1.165) is 18.4 Å². The van der Waals surface area contributed by atoms with E-state index in [2.05, 4.69) is 11.6 Å². The number of hydrogen-bond acceptors (Lipinski definition) is 2. The molecule has 0 aliphatic heterocycles. The first-order chi connectivity index (χ1) is 6.66. The minimum Gasteiger partial charge on any atom is -0.324 e. The van der Waals surface area contributed by atoms with E-state index in [1.807, 2.05) is 6.08 Å². The molecule has 1 atom stereocenters. The van der Waals surface area contributed by atoms with Crippen LogP contribution >= 0.6 is 23.2 Å². The molecule has 0 unspecified atom stereocenters. The number of aromatic nitrogens is 1. The van der Waals surface area contributed by atoms with E-state index in [0.29, 0.717) is 10.0 Å². The van der Waals surface area contributed by atoms with E-state index in [1.54, 1.807) is 12.4 Å². The number of allylic oxidation sites excluding steroid dienone is 1. The van der Waals surface area contributed by atoms with Gasteiger partial charge >= 0.3 is 0 Å². The Balaban J connectivity index is 2.87. The van der Waals surface area contributed by atoms with Crippen molar-refractivity contribution in [3.8, 4) is 0 Å². The Morgan fingerprint density at radius 1 is 1.43 bits per heavy atom. The molecule has 0 radical (unpaired) electrons. The van der Waals surface area contributed by atoms with Crippen molar-refractivity contribution in [2.75, 3.05) is 0 Å². The Labute approximate surface area is 93.7 Å². The Kier molecular flexibility index (Phi) is 4.39. The van der Waals surface area contributed by atoms with Crippen LogP contribution in [0.5, 0.6) is 0 Å². The number of nitrogens with zero attached hydrogens (tertiary/aromatic N) is 1. The second-order valence-electron chi connectivity index (χ2n) is 2.99. The average Bonchev–Trinajstić information content (AvgIpc) is 2.14. The average molecular weight is 231 g/mol. The highest BCUT2D eigenvalue weighted by Crippen LogP contribution is 2.30. The lowest BCUT2D eigenvalue weighted by Gasteiger charge is -2.13. The molecule has 0 saturated heterocycles. The molecule has 0 fully saturated rings. The first-order valence-corrected chi connectivity index (χ1v) is 5.07. The van der Waals surface area contributed by atoms with Crippen LogP contribution in [0.25, 0.3) is 0 Å². The molecule has 0 amide bonds. The second-order valence-corrected chi connectivity index (χ2v) is 3.80. The lowest BCUT2D eigenvalue weighted by molar-refractivity contribution is 0.661. The van der Waals surface area contributed by atoms with Crippen molar-refractivity contribution in [1.29, 1.82) is 0 Å². The SMILES string of the molecule is C=CCC[C@H](N)c1c(Cl)cncc1Cl. The third-order valence-corrected chi connectivity index (χ3v) is 2.55. The summed E-state index contributed by atoms with van der Waals surface area (Å²) in [4.78, 5) is 3.87. The van der Waals surface area contributed by atoms with Crippen LogP contribution in [0, 0.1) is 0 Å². The van der Waals surface area contributed by atoms with Gasteiger partial charge in [-0.25, -0.2) is 0 Å². The lowest BCUT2D eigenvalue weighted by Crippen LogP contribution is -2.11. The van der Waals surface area contributed by atoms with Gasteiger partial charge < -0.3 is 5.73 Å². The second kappa shape index (κ2) is 5.35. The summed E-state index contributed by atoms with van der Waals surface area (Å²) < 4.78 is 0. The Bertz CT molecular complexity index is 306. The molecule has 0 aromatic carbocycles. The number of hydrogen-bond donors (Lipinski definition) is 1. The summed E-state index contributed by atoms with van der Waals surface area (Å²) in [5, 5.41) is 1.04. The molecule has 0 aliphatic rings. The van der Waals surface area contributed by atoms with Crippen LogP contribution in [-0.4, -0.2) is 4.98 Å². The zero-order valence-electron chi connectivity index (χ0n) is 7.71. The van der Waals surface area contributed by atoms with Crippen molar-refractivity contribution >= 4 is 23.2 Å². The van der Waals surface area contributed by atoms with Gasteiger partial charge in [-0.05, 0) is 12.8 Å². The Morgan fingerprint density at radius 3 is 2.50 bits per heavy atom. The smallest absolute Gasteiger partial charge is 0.0651 e. The molecule has 2 nitrogen and oxygen atoms in total. The third-order valence-electron chi connectivity index (χ3n) is 1.94. The predicted molar refractivity (Wildman–Crippen MR) is 60.6 cm³/mol. The molecular weight excluding hydrogens is 219 g/mol. The van der Waals surface area contributed by atoms with E-state index in [1.165, 1.54) is 0 Å². The first kappa shape index (κ1) is 11.5. The summed E-state index contributed by atoms with van der Waals surface area (Å²) in [6.45, 7) is 3.64. The first-order valence-electron chi connectivity index (χ1n) is 4.32. The maximum Gasteiger partial charge on any atom is 0.0651 e. The zero-order chi connectivity index (χ0) is 10.6. The minimum atomic E-state index is -0.156. The van der Waals surface area contributed by atoms with Crippen LogP contribution in [0.4, 0.5) is 0 Å². The standard InChI is InChI=1S/C10H12Cl2N2/c1-2-3-4-9(13)10-7(11)5-14-6-8(10)12/h2,5-6,9H,1,3-4,13H2/t9-/m0/s1. The van der Waals surface area contributed by atoms with Gasteiger partial charge in [0.1, 0.15) is 0 Å². The van der Waals surface area contributed by atoms with Gasteiger partial charge in [-0.15, -0.1) is 6.58 Å². The quantitative estimate of drug-likeness (QED) is 0.807. The highest BCUT2D eigenvalue weighted by molar-refractivity contribution is 6.35. The maximum atomic E-state index is 5.95. The summed E-state index contributed by atoms with van der Waals surface area (Å²) in [5.74, 6) is 0. The number of halogens is 2. The van der Waals surface area contributed by atoms with E-state index < -0.39 is 0 Å². The van der Waals surface area contributed by atoms with Gasteiger partial charge in [0.2, 0.25) is 0 Å². The molecule has 2 N–H and O–H groups in total. The molecule has 0 bridgehead atoms. The summed E-state index contributed by atoms with van der Waals surface area (Å²) >= 11 is 11.9. The fraction of sp³-hybridized carbons (Fsp3) is 0.300. The van der Waals surface area contributed by atoms with Crippen LogP contribution in [0.15, 0.2) is 25.0 Å². The molecule has 1 aromatic heterocycles. The van der Waals surface area contributed by atoms with E-state index in [9.17, 15) is 0 Å². The van der Waals surface area contributed by atoms with E-state index in [4.69, 9.17) is 28.9 Å². The highest BCUT2D eigenvalue weighted by Gasteiger charge is 2.13. The lowest BCUT2D eigenvalue weighted by atomic mass is 10.0. The molecule has 0 spiro atoms. The van der Waals surface area contributed by atoms with E-state index in [-0.39, 0.29) is 6.04 Å². The molecule has 1 heterocycles. The van der Waals surface area contributed by atoms with Crippen LogP contribution in [-0.2, 0) is 0 Å².